The summed E-state index contributed by atoms with van der Waals surface area (Å²) in [6.45, 7) is 2.42. The third-order valence-electron chi connectivity index (χ3n) is 5.62. The van der Waals surface area contributed by atoms with Crippen LogP contribution in [0.2, 0.25) is 0 Å². The summed E-state index contributed by atoms with van der Waals surface area (Å²) in [6, 6.07) is 14.6. The van der Waals surface area contributed by atoms with Crippen LogP contribution in [0.5, 0.6) is 5.75 Å². The van der Waals surface area contributed by atoms with Gasteiger partial charge in [0.2, 0.25) is 10.0 Å². The highest BCUT2D eigenvalue weighted by atomic mass is 127. The van der Waals surface area contributed by atoms with Crippen molar-refractivity contribution in [2.75, 3.05) is 20.2 Å². The van der Waals surface area contributed by atoms with Crippen LogP contribution in [0.25, 0.3) is 5.57 Å². The van der Waals surface area contributed by atoms with Crippen molar-refractivity contribution in [1.29, 1.82) is 0 Å². The summed E-state index contributed by atoms with van der Waals surface area (Å²) in [4.78, 5) is 12.2. The highest BCUT2D eigenvalue weighted by Gasteiger charge is 2.43. The van der Waals surface area contributed by atoms with Crippen LogP contribution in [0, 0.1) is 12.3 Å². The minimum atomic E-state index is -3.70. The fourth-order valence-electron chi connectivity index (χ4n) is 3.97. The fraction of sp³-hybridized carbons (Fsp3) is 0.208. The predicted octanol–water partition coefficient (Wildman–Crippen LogP) is 4.54. The van der Waals surface area contributed by atoms with Crippen molar-refractivity contribution < 1.29 is 17.9 Å². The number of methoxy groups -OCH3 is 1. The first-order valence-corrected chi connectivity index (χ1v) is 12.3. The first-order chi connectivity index (χ1) is 14.7. The Hall–Kier alpha value is -2.23. The van der Waals surface area contributed by atoms with Gasteiger partial charge in [-0.2, -0.15) is 4.31 Å². The molecule has 0 saturated carbocycles. The lowest BCUT2D eigenvalue weighted by Gasteiger charge is -2.42. The van der Waals surface area contributed by atoms with Gasteiger partial charge in [0.1, 0.15) is 5.75 Å². The molecule has 5 nitrogen and oxygen atoms in total. The summed E-state index contributed by atoms with van der Waals surface area (Å²) in [5, 5.41) is 0. The molecule has 160 valence electrons. The third-order valence-corrected chi connectivity index (χ3v) is 8.30. The summed E-state index contributed by atoms with van der Waals surface area (Å²) in [7, 11) is -2.08. The van der Waals surface area contributed by atoms with Gasteiger partial charge in [0, 0.05) is 22.1 Å². The molecule has 2 aromatic rings. The van der Waals surface area contributed by atoms with Gasteiger partial charge < -0.3 is 4.74 Å². The average molecular weight is 547 g/mol. The second-order valence-corrected chi connectivity index (χ2v) is 10.9. The molecule has 2 aromatic carbocycles. The second-order valence-electron chi connectivity index (χ2n) is 7.70. The summed E-state index contributed by atoms with van der Waals surface area (Å²) >= 11 is 2.23. The van der Waals surface area contributed by atoms with Gasteiger partial charge in [0.15, 0.2) is 5.78 Å². The molecule has 4 rings (SSSR count). The molecule has 0 fully saturated rings. The SMILES string of the molecule is COc1ccc(C2=C(I)CN(S(=O)(=O)c3ccc(C)cc3)CC23C=CC(=O)C=C3)cc1. The highest BCUT2D eigenvalue weighted by molar-refractivity contribution is 14.1. The van der Waals surface area contributed by atoms with Crippen LogP contribution in [0.3, 0.4) is 0 Å². The average Bonchev–Trinajstić information content (AvgIpc) is 2.76. The van der Waals surface area contributed by atoms with Crippen LogP contribution in [0.4, 0.5) is 0 Å². The van der Waals surface area contributed by atoms with E-state index in [1.165, 1.54) is 16.5 Å². The van der Waals surface area contributed by atoms with E-state index in [4.69, 9.17) is 4.74 Å². The Morgan fingerprint density at radius 2 is 1.61 bits per heavy atom. The zero-order chi connectivity index (χ0) is 22.2. The number of hydrogen-bond acceptors (Lipinski definition) is 4. The maximum Gasteiger partial charge on any atom is 0.243 e. The minimum Gasteiger partial charge on any atom is -0.497 e. The molecule has 0 unspecified atom stereocenters. The normalized spacial score (nSPS) is 18.6. The number of sulfonamides is 1. The largest absolute Gasteiger partial charge is 0.497 e. The predicted molar refractivity (Wildman–Crippen MR) is 130 cm³/mol. The van der Waals surface area contributed by atoms with Crippen molar-refractivity contribution in [2.24, 2.45) is 5.41 Å². The number of carbonyl (C=O) groups excluding carboxylic acids is 1. The van der Waals surface area contributed by atoms with Crippen LogP contribution < -0.4 is 4.74 Å². The topological polar surface area (TPSA) is 63.7 Å². The molecule has 1 aliphatic carbocycles. The van der Waals surface area contributed by atoms with Gasteiger partial charge in [0.25, 0.3) is 0 Å². The lowest BCUT2D eigenvalue weighted by molar-refractivity contribution is -0.110. The lowest BCUT2D eigenvalue weighted by atomic mass is 9.72. The van der Waals surface area contributed by atoms with Gasteiger partial charge in [-0.1, -0.05) is 42.0 Å². The Balaban J connectivity index is 1.82. The van der Waals surface area contributed by atoms with E-state index in [1.807, 2.05) is 43.3 Å². The van der Waals surface area contributed by atoms with Crippen LogP contribution in [0.1, 0.15) is 11.1 Å². The van der Waals surface area contributed by atoms with Gasteiger partial charge in [-0.25, -0.2) is 8.42 Å². The number of nitrogens with zero attached hydrogens (tertiary/aromatic N) is 1. The Labute approximate surface area is 196 Å². The number of carbonyl (C=O) groups is 1. The molecule has 1 spiro atoms. The maximum absolute atomic E-state index is 13.4. The van der Waals surface area contributed by atoms with Crippen molar-refractivity contribution in [3.8, 4) is 5.75 Å². The number of allylic oxidation sites excluding steroid dienone is 2. The molecule has 0 bridgehead atoms. The van der Waals surface area contributed by atoms with E-state index in [1.54, 1.807) is 31.4 Å². The monoisotopic (exact) mass is 547 g/mol. The fourth-order valence-corrected chi connectivity index (χ4v) is 6.89. The van der Waals surface area contributed by atoms with Gasteiger partial charge >= 0.3 is 0 Å². The minimum absolute atomic E-state index is 0.103. The number of aryl methyl sites for hydroxylation is 1. The molecule has 0 aromatic heterocycles. The van der Waals surface area contributed by atoms with Crippen molar-refractivity contribution in [1.82, 2.24) is 4.31 Å². The van der Waals surface area contributed by atoms with Gasteiger partial charge in [-0.15, -0.1) is 0 Å². The molecule has 0 atom stereocenters. The smallest absolute Gasteiger partial charge is 0.243 e. The Bertz CT molecular complexity index is 1190. The molecular formula is C24H22INO4S. The van der Waals surface area contributed by atoms with Crippen molar-refractivity contribution in [3.05, 3.63) is 87.5 Å². The molecule has 1 aliphatic heterocycles. The van der Waals surface area contributed by atoms with E-state index in [0.29, 0.717) is 0 Å². The number of ether oxygens (including phenoxy) is 1. The van der Waals surface area contributed by atoms with E-state index >= 15 is 0 Å². The molecule has 0 amide bonds. The number of benzene rings is 2. The van der Waals surface area contributed by atoms with Gasteiger partial charge in [-0.3, -0.25) is 4.79 Å². The number of hydrogen-bond donors (Lipinski definition) is 0. The van der Waals surface area contributed by atoms with Crippen LogP contribution in [-0.2, 0) is 14.8 Å². The quantitative estimate of drug-likeness (QED) is 0.528. The Morgan fingerprint density at radius 1 is 1.00 bits per heavy atom. The number of rotatable bonds is 4. The third kappa shape index (κ3) is 4.14. The van der Waals surface area contributed by atoms with Gasteiger partial charge in [-0.05, 0) is 77.1 Å². The van der Waals surface area contributed by atoms with E-state index in [9.17, 15) is 13.2 Å². The molecule has 0 saturated heterocycles. The molecular weight excluding hydrogens is 525 g/mol. The van der Waals surface area contributed by atoms with Crippen molar-refractivity contribution >= 4 is 44.0 Å². The Kier molecular flexibility index (Phi) is 5.93. The summed E-state index contributed by atoms with van der Waals surface area (Å²) in [5.74, 6) is 0.644. The van der Waals surface area contributed by atoms with Crippen molar-refractivity contribution in [2.45, 2.75) is 11.8 Å². The first kappa shape index (κ1) is 22.0. The molecule has 0 N–H and O–H groups in total. The Morgan fingerprint density at radius 3 is 2.19 bits per heavy atom. The van der Waals surface area contributed by atoms with E-state index < -0.39 is 15.4 Å². The second kappa shape index (κ2) is 8.37. The first-order valence-electron chi connectivity index (χ1n) is 9.78. The van der Waals surface area contributed by atoms with Crippen LogP contribution in [-0.4, -0.2) is 38.7 Å². The molecule has 2 aliphatic rings. The standard InChI is InChI=1S/C24H22INO4S/c1-17-3-9-21(10-4-17)31(28,29)26-15-22(25)23(18-5-7-20(30-2)8-6-18)24(16-26)13-11-19(27)12-14-24/h3-14H,15-16H2,1-2H3. The maximum atomic E-state index is 13.4. The zero-order valence-electron chi connectivity index (χ0n) is 17.2. The number of halogens is 1. The van der Waals surface area contributed by atoms with Crippen molar-refractivity contribution in [3.63, 3.8) is 0 Å². The van der Waals surface area contributed by atoms with Crippen LogP contribution in [0.15, 0.2) is 81.3 Å². The highest BCUT2D eigenvalue weighted by Crippen LogP contribution is 2.48. The molecule has 0 radical (unpaired) electrons. The number of ketones is 1. The summed E-state index contributed by atoms with van der Waals surface area (Å²) in [5.41, 5.74) is 2.25. The summed E-state index contributed by atoms with van der Waals surface area (Å²) in [6.07, 6.45) is 6.69. The van der Waals surface area contributed by atoms with Crippen LogP contribution >= 0.6 is 22.6 Å². The van der Waals surface area contributed by atoms with Gasteiger partial charge in [0.05, 0.1) is 12.0 Å². The zero-order valence-corrected chi connectivity index (χ0v) is 20.2. The molecule has 31 heavy (non-hydrogen) atoms. The molecule has 1 heterocycles. The van der Waals surface area contributed by atoms with E-state index in [2.05, 4.69) is 22.6 Å². The van der Waals surface area contributed by atoms with E-state index in [0.717, 1.165) is 26.0 Å². The lowest BCUT2D eigenvalue weighted by Crippen LogP contribution is -2.45. The van der Waals surface area contributed by atoms with E-state index in [-0.39, 0.29) is 23.8 Å². The molecule has 7 heteroatoms. The summed E-state index contributed by atoms with van der Waals surface area (Å²) < 4.78 is 34.5.